The van der Waals surface area contributed by atoms with Gasteiger partial charge in [0.15, 0.2) is 0 Å². The fourth-order valence-electron chi connectivity index (χ4n) is 3.91. The first-order valence-electron chi connectivity index (χ1n) is 10.3. The first-order chi connectivity index (χ1) is 14.9. The van der Waals surface area contributed by atoms with Crippen LogP contribution in [-0.2, 0) is 4.79 Å². The van der Waals surface area contributed by atoms with Crippen molar-refractivity contribution in [1.82, 2.24) is 15.2 Å². The van der Waals surface area contributed by atoms with E-state index in [9.17, 15) is 14.0 Å². The van der Waals surface area contributed by atoms with E-state index in [1.807, 2.05) is 18.2 Å². The molecule has 0 bridgehead atoms. The number of carbonyl (C=O) groups is 2. The minimum atomic E-state index is -1.13. The van der Waals surface area contributed by atoms with Gasteiger partial charge in [0, 0.05) is 36.1 Å². The number of carbonyl (C=O) groups excluding carboxylic acids is 2. The first-order valence-corrected chi connectivity index (χ1v) is 11.4. The highest BCUT2D eigenvalue weighted by atomic mass is 32.2. The number of fused-ring (bicyclic) bond motifs is 1. The Bertz CT molecular complexity index is 1040. The first kappa shape index (κ1) is 21.4. The molecular formula is C22H24FN5O2S. The summed E-state index contributed by atoms with van der Waals surface area (Å²) in [5.41, 5.74) is 0.896. The normalized spacial score (nSPS) is 20.5. The van der Waals surface area contributed by atoms with E-state index in [0.29, 0.717) is 54.0 Å². The largest absolute Gasteiger partial charge is 0.371 e. The van der Waals surface area contributed by atoms with Gasteiger partial charge < -0.3 is 15.1 Å². The molecule has 31 heavy (non-hydrogen) atoms. The molecular weight excluding hydrogens is 417 g/mol. The number of amides is 2. The van der Waals surface area contributed by atoms with Gasteiger partial charge >= 0.3 is 0 Å². The zero-order chi connectivity index (χ0) is 22.0. The molecule has 0 spiro atoms. The molecule has 7 nitrogen and oxygen atoms in total. The predicted molar refractivity (Wildman–Crippen MR) is 119 cm³/mol. The van der Waals surface area contributed by atoms with Crippen molar-refractivity contribution in [2.24, 2.45) is 0 Å². The fraction of sp³-hybridized carbons (Fsp3) is 0.455. The highest BCUT2D eigenvalue weighted by Gasteiger charge is 2.30. The Morgan fingerprint density at radius 1 is 1.35 bits per heavy atom. The second-order valence-electron chi connectivity index (χ2n) is 8.15. The van der Waals surface area contributed by atoms with Crippen LogP contribution in [0.3, 0.4) is 0 Å². The Kier molecular flexibility index (Phi) is 6.01. The van der Waals surface area contributed by atoms with Crippen molar-refractivity contribution in [3.05, 3.63) is 36.0 Å². The number of hydrogen-bond donors (Lipinski definition) is 1. The monoisotopic (exact) mass is 441 g/mol. The molecule has 9 heteroatoms. The molecule has 2 aliphatic heterocycles. The van der Waals surface area contributed by atoms with E-state index >= 15 is 0 Å². The number of hydrogen-bond acceptors (Lipinski definition) is 6. The maximum Gasteiger partial charge on any atom is 0.252 e. The van der Waals surface area contributed by atoms with E-state index in [0.717, 1.165) is 5.69 Å². The molecule has 0 unspecified atom stereocenters. The summed E-state index contributed by atoms with van der Waals surface area (Å²) in [5.74, 6) is 0.411. The van der Waals surface area contributed by atoms with E-state index in [2.05, 4.69) is 21.3 Å². The molecule has 162 valence electrons. The van der Waals surface area contributed by atoms with Gasteiger partial charge in [-0.05, 0) is 44.0 Å². The van der Waals surface area contributed by atoms with Gasteiger partial charge in [-0.2, -0.15) is 5.26 Å². The third kappa shape index (κ3) is 4.59. The van der Waals surface area contributed by atoms with Crippen LogP contribution >= 0.6 is 11.8 Å². The summed E-state index contributed by atoms with van der Waals surface area (Å²) in [6.45, 7) is 2.70. The van der Waals surface area contributed by atoms with Crippen LogP contribution in [0, 0.1) is 11.3 Å². The van der Waals surface area contributed by atoms with Crippen LogP contribution in [0.5, 0.6) is 0 Å². The summed E-state index contributed by atoms with van der Waals surface area (Å²) in [6.07, 6.45) is 2.50. The number of aromatic nitrogens is 1. The predicted octanol–water partition coefficient (Wildman–Crippen LogP) is 2.72. The molecule has 1 N–H and O–H groups in total. The van der Waals surface area contributed by atoms with Crippen LogP contribution in [0.4, 0.5) is 10.1 Å². The molecule has 1 atom stereocenters. The molecule has 2 amide bonds. The Morgan fingerprint density at radius 3 is 2.87 bits per heavy atom. The van der Waals surface area contributed by atoms with Gasteiger partial charge in [0.05, 0.1) is 29.6 Å². The molecule has 3 heterocycles. The van der Waals surface area contributed by atoms with Crippen LogP contribution in [0.15, 0.2) is 30.5 Å². The van der Waals surface area contributed by atoms with Crippen LogP contribution in [0.1, 0.15) is 30.1 Å². The number of piperidine rings is 1. The maximum atomic E-state index is 14.2. The number of rotatable bonds is 4. The van der Waals surface area contributed by atoms with Crippen molar-refractivity contribution in [2.75, 3.05) is 36.2 Å². The lowest BCUT2D eigenvalue weighted by Gasteiger charge is -2.35. The van der Waals surface area contributed by atoms with Gasteiger partial charge in [-0.3, -0.25) is 14.6 Å². The number of nitrogens with zero attached hydrogens (tertiary/aromatic N) is 4. The number of anilines is 1. The minimum Gasteiger partial charge on any atom is -0.371 e. The second-order valence-corrected chi connectivity index (χ2v) is 9.15. The van der Waals surface area contributed by atoms with E-state index in [4.69, 9.17) is 5.26 Å². The van der Waals surface area contributed by atoms with Crippen molar-refractivity contribution in [3.8, 4) is 6.07 Å². The topological polar surface area (TPSA) is 89.3 Å². The number of alkyl halides is 1. The molecule has 2 saturated heterocycles. The van der Waals surface area contributed by atoms with Crippen LogP contribution in [-0.4, -0.2) is 64.7 Å². The Morgan fingerprint density at radius 2 is 2.13 bits per heavy atom. The molecule has 0 saturated carbocycles. The lowest BCUT2D eigenvalue weighted by Crippen LogP contribution is -2.42. The zero-order valence-corrected chi connectivity index (χ0v) is 18.1. The van der Waals surface area contributed by atoms with Gasteiger partial charge in [-0.15, -0.1) is 11.8 Å². The van der Waals surface area contributed by atoms with Gasteiger partial charge in [-0.1, -0.05) is 0 Å². The highest BCUT2D eigenvalue weighted by Crippen LogP contribution is 2.31. The Hall–Kier alpha value is -2.86. The number of halogens is 1. The molecule has 4 rings (SSSR count). The second kappa shape index (κ2) is 8.71. The van der Waals surface area contributed by atoms with Crippen molar-refractivity contribution >= 4 is 40.2 Å². The van der Waals surface area contributed by atoms with Gasteiger partial charge in [0.25, 0.3) is 5.91 Å². The minimum absolute atomic E-state index is 0.164. The summed E-state index contributed by atoms with van der Waals surface area (Å²) in [6, 6.07) is 9.00. The standard InChI is InChI=1S/C22H24FN5O2S/c1-22(23)5-8-27(9-6-22)15-2-3-19-18(10-15)17(4-7-25-19)21(30)26-12-20(29)28-14-31-13-16(28)11-24/h2-4,7,10,16H,5-6,8-9,12-14H2,1H3,(H,26,30)/t16-/m1/s1. The van der Waals surface area contributed by atoms with Crippen LogP contribution < -0.4 is 10.2 Å². The SMILES string of the molecule is CC1(F)CCN(c2ccc3nccc(C(=O)NCC(=O)N4CSC[C@H]4C#N)c3c2)CC1. The van der Waals surface area contributed by atoms with Crippen LogP contribution in [0.2, 0.25) is 0 Å². The third-order valence-electron chi connectivity index (χ3n) is 5.89. The van der Waals surface area contributed by atoms with Gasteiger partial charge in [0.1, 0.15) is 11.7 Å². The number of benzene rings is 1. The summed E-state index contributed by atoms with van der Waals surface area (Å²) in [5, 5.41) is 12.5. The van der Waals surface area contributed by atoms with Crippen molar-refractivity contribution in [3.63, 3.8) is 0 Å². The zero-order valence-electron chi connectivity index (χ0n) is 17.3. The van der Waals surface area contributed by atoms with E-state index in [-0.39, 0.29) is 18.4 Å². The fourth-order valence-corrected chi connectivity index (χ4v) is 5.01. The molecule has 2 fully saturated rings. The molecule has 2 aromatic rings. The van der Waals surface area contributed by atoms with Crippen LogP contribution in [0.25, 0.3) is 10.9 Å². The lowest BCUT2D eigenvalue weighted by molar-refractivity contribution is -0.129. The number of pyridine rings is 1. The highest BCUT2D eigenvalue weighted by molar-refractivity contribution is 7.99. The number of thioether (sulfide) groups is 1. The molecule has 0 radical (unpaired) electrons. The van der Waals surface area contributed by atoms with E-state index < -0.39 is 11.7 Å². The molecule has 0 aliphatic carbocycles. The van der Waals surface area contributed by atoms with Crippen molar-refractivity contribution < 1.29 is 14.0 Å². The number of nitrogens with one attached hydrogen (secondary N) is 1. The van der Waals surface area contributed by atoms with E-state index in [1.165, 1.54) is 16.7 Å². The summed E-state index contributed by atoms with van der Waals surface area (Å²) in [7, 11) is 0. The van der Waals surface area contributed by atoms with Gasteiger partial charge in [-0.25, -0.2) is 4.39 Å². The molecule has 1 aromatic carbocycles. The van der Waals surface area contributed by atoms with Gasteiger partial charge in [0.2, 0.25) is 5.91 Å². The van der Waals surface area contributed by atoms with E-state index in [1.54, 1.807) is 19.2 Å². The van der Waals surface area contributed by atoms with Crippen molar-refractivity contribution in [1.29, 1.82) is 5.26 Å². The summed E-state index contributed by atoms with van der Waals surface area (Å²) in [4.78, 5) is 33.2. The Labute approximate surface area is 184 Å². The number of nitriles is 1. The lowest BCUT2D eigenvalue weighted by atomic mass is 9.95. The molecule has 2 aliphatic rings. The summed E-state index contributed by atoms with van der Waals surface area (Å²) < 4.78 is 14.2. The average Bonchev–Trinajstić information content (AvgIpc) is 3.25. The smallest absolute Gasteiger partial charge is 0.252 e. The molecule has 1 aromatic heterocycles. The maximum absolute atomic E-state index is 14.2. The summed E-state index contributed by atoms with van der Waals surface area (Å²) >= 11 is 1.52. The quantitative estimate of drug-likeness (QED) is 0.785. The average molecular weight is 442 g/mol. The van der Waals surface area contributed by atoms with Crippen molar-refractivity contribution in [2.45, 2.75) is 31.5 Å². The third-order valence-corrected chi connectivity index (χ3v) is 6.90. The Balaban J connectivity index is 1.50.